The van der Waals surface area contributed by atoms with Crippen molar-refractivity contribution in [3.05, 3.63) is 57.3 Å². The zero-order valence-electron chi connectivity index (χ0n) is 13.7. The van der Waals surface area contributed by atoms with Gasteiger partial charge in [0.2, 0.25) is 5.91 Å². The molecule has 0 bridgehead atoms. The lowest BCUT2D eigenvalue weighted by molar-refractivity contribution is -0.130. The highest BCUT2D eigenvalue weighted by Crippen LogP contribution is 2.30. The smallest absolute Gasteiger partial charge is 0.249 e. The first kappa shape index (κ1) is 16.2. The fourth-order valence-electron chi connectivity index (χ4n) is 3.07. The van der Waals surface area contributed by atoms with E-state index >= 15 is 0 Å². The van der Waals surface area contributed by atoms with Crippen LogP contribution in [0.2, 0.25) is 0 Å². The predicted molar refractivity (Wildman–Crippen MR) is 93.9 cm³/mol. The summed E-state index contributed by atoms with van der Waals surface area (Å²) < 4.78 is 5.15. The molecule has 3 nitrogen and oxygen atoms in total. The topological polar surface area (TPSA) is 38.3 Å². The Labute approximate surface area is 141 Å². The fourth-order valence-corrected chi connectivity index (χ4v) is 3.88. The third-order valence-electron chi connectivity index (χ3n) is 4.54. The molecule has 4 heteroatoms. The van der Waals surface area contributed by atoms with Crippen LogP contribution < -0.4 is 5.32 Å². The number of ether oxygens (including phenoxy) is 1. The minimum absolute atomic E-state index is 0.0800. The molecule has 0 radical (unpaired) electrons. The van der Waals surface area contributed by atoms with E-state index < -0.39 is 6.10 Å². The number of hydrogen-bond donors (Lipinski definition) is 1. The van der Waals surface area contributed by atoms with Crippen LogP contribution in [-0.4, -0.2) is 19.1 Å². The van der Waals surface area contributed by atoms with Gasteiger partial charge in [-0.25, -0.2) is 0 Å². The van der Waals surface area contributed by atoms with E-state index in [-0.39, 0.29) is 11.9 Å². The lowest BCUT2D eigenvalue weighted by Gasteiger charge is -2.23. The van der Waals surface area contributed by atoms with Crippen molar-refractivity contribution in [2.24, 2.45) is 0 Å². The van der Waals surface area contributed by atoms with Crippen LogP contribution in [0.5, 0.6) is 0 Å². The number of fused-ring (bicyclic) bond motifs is 1. The van der Waals surface area contributed by atoms with Crippen LogP contribution in [0.15, 0.2) is 35.7 Å². The highest BCUT2D eigenvalue weighted by molar-refractivity contribution is 7.10. The molecule has 1 N–H and O–H groups in total. The molecular formula is C19H23NO2S. The van der Waals surface area contributed by atoms with Gasteiger partial charge in [-0.15, -0.1) is 11.3 Å². The van der Waals surface area contributed by atoms with Crippen molar-refractivity contribution in [3.8, 4) is 0 Å². The molecular weight excluding hydrogens is 306 g/mol. The van der Waals surface area contributed by atoms with Gasteiger partial charge in [0.15, 0.2) is 0 Å². The summed E-state index contributed by atoms with van der Waals surface area (Å²) in [6.07, 6.45) is 4.40. The largest absolute Gasteiger partial charge is 0.372 e. The van der Waals surface area contributed by atoms with Crippen molar-refractivity contribution in [1.29, 1.82) is 0 Å². The summed E-state index contributed by atoms with van der Waals surface area (Å²) >= 11 is 1.67. The number of benzene rings is 1. The van der Waals surface area contributed by atoms with Gasteiger partial charge in [0.1, 0.15) is 6.10 Å². The molecule has 1 aromatic carbocycles. The lowest BCUT2D eigenvalue weighted by atomic mass is 9.89. The zero-order valence-corrected chi connectivity index (χ0v) is 14.5. The van der Waals surface area contributed by atoms with Crippen LogP contribution in [0, 0.1) is 0 Å². The summed E-state index contributed by atoms with van der Waals surface area (Å²) in [5.74, 6) is -0.0800. The van der Waals surface area contributed by atoms with E-state index in [0.29, 0.717) is 0 Å². The predicted octanol–water partition coefficient (Wildman–Crippen LogP) is 3.87. The molecule has 23 heavy (non-hydrogen) atoms. The number of carbonyl (C=O) groups excluding carboxylic acids is 1. The summed E-state index contributed by atoms with van der Waals surface area (Å²) in [6, 6.07) is 10.7. The van der Waals surface area contributed by atoms with Crippen LogP contribution in [0.4, 0.5) is 0 Å². The number of thiophene rings is 1. The summed E-state index contributed by atoms with van der Waals surface area (Å²) in [5, 5.41) is 5.19. The minimum atomic E-state index is -0.449. The van der Waals surface area contributed by atoms with E-state index in [2.05, 4.69) is 29.6 Å². The number of carbonyl (C=O) groups is 1. The number of nitrogens with one attached hydrogen (secondary N) is 1. The van der Waals surface area contributed by atoms with Crippen LogP contribution >= 0.6 is 11.3 Å². The summed E-state index contributed by atoms with van der Waals surface area (Å²) in [6.45, 7) is 1.77. The number of aryl methyl sites for hydroxylation is 2. The molecule has 2 unspecified atom stereocenters. The molecule has 1 amide bonds. The molecule has 3 rings (SSSR count). The first-order chi connectivity index (χ1) is 11.2. The number of rotatable bonds is 5. The number of amides is 1. The SMILES string of the molecule is COC(C)C(=O)NC(c1ccc2c(c1)CCCC2)c1cccs1. The maximum absolute atomic E-state index is 12.3. The van der Waals surface area contributed by atoms with Gasteiger partial charge in [0.25, 0.3) is 0 Å². The average molecular weight is 329 g/mol. The van der Waals surface area contributed by atoms with Crippen molar-refractivity contribution >= 4 is 17.2 Å². The molecule has 0 aliphatic heterocycles. The minimum Gasteiger partial charge on any atom is -0.372 e. The quantitative estimate of drug-likeness (QED) is 0.904. The molecule has 1 aromatic heterocycles. The summed E-state index contributed by atoms with van der Waals surface area (Å²) in [4.78, 5) is 13.5. The standard InChI is InChI=1S/C19H23NO2S/c1-13(22-2)19(21)20-18(17-8-5-11-23-17)16-10-9-14-6-3-4-7-15(14)12-16/h5,8-13,18H,3-4,6-7H2,1-2H3,(H,20,21). The van der Waals surface area contributed by atoms with E-state index in [1.807, 2.05) is 11.4 Å². The van der Waals surface area contributed by atoms with Crippen LogP contribution in [0.25, 0.3) is 0 Å². The van der Waals surface area contributed by atoms with Gasteiger partial charge in [0, 0.05) is 12.0 Å². The molecule has 2 aromatic rings. The maximum Gasteiger partial charge on any atom is 0.249 e. The Morgan fingerprint density at radius 3 is 2.70 bits per heavy atom. The summed E-state index contributed by atoms with van der Waals surface area (Å²) in [5.41, 5.74) is 4.05. The van der Waals surface area contributed by atoms with Crippen molar-refractivity contribution in [2.75, 3.05) is 7.11 Å². The summed E-state index contributed by atoms with van der Waals surface area (Å²) in [7, 11) is 1.56. The number of methoxy groups -OCH3 is 1. The normalized spacial score (nSPS) is 16.4. The molecule has 0 fully saturated rings. The van der Waals surface area contributed by atoms with E-state index in [4.69, 9.17) is 4.74 Å². The Balaban J connectivity index is 1.91. The van der Waals surface area contributed by atoms with Gasteiger partial charge < -0.3 is 10.1 Å². The molecule has 0 saturated heterocycles. The second kappa shape index (κ2) is 7.28. The third kappa shape index (κ3) is 3.65. The first-order valence-electron chi connectivity index (χ1n) is 8.17. The van der Waals surface area contributed by atoms with Gasteiger partial charge in [-0.1, -0.05) is 24.3 Å². The van der Waals surface area contributed by atoms with Crippen LogP contribution in [0.1, 0.15) is 47.4 Å². The second-order valence-electron chi connectivity index (χ2n) is 6.07. The van der Waals surface area contributed by atoms with Crippen LogP contribution in [0.3, 0.4) is 0 Å². The molecule has 1 heterocycles. The average Bonchev–Trinajstić information content (AvgIpc) is 3.12. The Kier molecular flexibility index (Phi) is 5.13. The monoisotopic (exact) mass is 329 g/mol. The van der Waals surface area contributed by atoms with Crippen molar-refractivity contribution in [1.82, 2.24) is 5.32 Å². The van der Waals surface area contributed by atoms with Crippen molar-refractivity contribution in [2.45, 2.75) is 44.8 Å². The van der Waals surface area contributed by atoms with Gasteiger partial charge in [-0.05, 0) is 60.7 Å². The molecule has 0 spiro atoms. The van der Waals surface area contributed by atoms with E-state index in [1.165, 1.54) is 30.4 Å². The molecule has 0 saturated carbocycles. The van der Waals surface area contributed by atoms with E-state index in [0.717, 1.165) is 16.9 Å². The Morgan fingerprint density at radius 2 is 2.00 bits per heavy atom. The number of hydrogen-bond acceptors (Lipinski definition) is 3. The fraction of sp³-hybridized carbons (Fsp3) is 0.421. The van der Waals surface area contributed by atoms with E-state index in [1.54, 1.807) is 25.4 Å². The van der Waals surface area contributed by atoms with Crippen LogP contribution in [-0.2, 0) is 22.4 Å². The van der Waals surface area contributed by atoms with Gasteiger partial charge in [0.05, 0.1) is 6.04 Å². The zero-order chi connectivity index (χ0) is 16.2. The van der Waals surface area contributed by atoms with Crippen molar-refractivity contribution < 1.29 is 9.53 Å². The molecule has 122 valence electrons. The third-order valence-corrected chi connectivity index (χ3v) is 5.48. The molecule has 1 aliphatic carbocycles. The molecule has 1 aliphatic rings. The Morgan fingerprint density at radius 1 is 1.22 bits per heavy atom. The molecule has 2 atom stereocenters. The van der Waals surface area contributed by atoms with Gasteiger partial charge >= 0.3 is 0 Å². The maximum atomic E-state index is 12.3. The van der Waals surface area contributed by atoms with Gasteiger partial charge in [-0.2, -0.15) is 0 Å². The van der Waals surface area contributed by atoms with Crippen molar-refractivity contribution in [3.63, 3.8) is 0 Å². The van der Waals surface area contributed by atoms with Gasteiger partial charge in [-0.3, -0.25) is 4.79 Å². The second-order valence-corrected chi connectivity index (χ2v) is 7.05. The highest BCUT2D eigenvalue weighted by Gasteiger charge is 2.22. The lowest BCUT2D eigenvalue weighted by Crippen LogP contribution is -2.36. The first-order valence-corrected chi connectivity index (χ1v) is 9.05. The highest BCUT2D eigenvalue weighted by atomic mass is 32.1. The Bertz CT molecular complexity index is 666. The van der Waals surface area contributed by atoms with E-state index in [9.17, 15) is 4.79 Å². The Hall–Kier alpha value is -1.65.